The Balaban J connectivity index is 0.000000466. The zero-order valence-corrected chi connectivity index (χ0v) is 21.0. The van der Waals surface area contributed by atoms with E-state index in [4.69, 9.17) is 38.2 Å². The predicted molar refractivity (Wildman–Crippen MR) is 130 cm³/mol. The van der Waals surface area contributed by atoms with E-state index in [1.165, 1.54) is 20.0 Å². The highest BCUT2D eigenvalue weighted by Gasteiger charge is 2.36. The number of benzene rings is 1. The number of carboxylic acids is 2. The molecule has 2 aliphatic rings. The number of methoxy groups -OCH3 is 1. The highest BCUT2D eigenvalue weighted by Crippen LogP contribution is 2.28. The van der Waals surface area contributed by atoms with Crippen molar-refractivity contribution in [3.05, 3.63) is 46.0 Å². The third-order valence-electron chi connectivity index (χ3n) is 5.95. The monoisotopic (exact) mass is 528 g/mol. The van der Waals surface area contributed by atoms with Crippen molar-refractivity contribution in [2.24, 2.45) is 5.92 Å². The number of ether oxygens (including phenoxy) is 1. The molecule has 0 aliphatic carbocycles. The van der Waals surface area contributed by atoms with E-state index >= 15 is 0 Å². The van der Waals surface area contributed by atoms with Gasteiger partial charge in [-0.1, -0.05) is 29.3 Å². The van der Waals surface area contributed by atoms with E-state index in [0.717, 1.165) is 25.2 Å². The van der Waals surface area contributed by atoms with Gasteiger partial charge in [0, 0.05) is 31.3 Å². The summed E-state index contributed by atoms with van der Waals surface area (Å²) in [6.45, 7) is 3.53. The number of hydrogen-bond donors (Lipinski definition) is 2. The van der Waals surface area contributed by atoms with Gasteiger partial charge in [-0.05, 0) is 56.5 Å². The largest absolute Gasteiger partial charge is 0.478 e. The van der Waals surface area contributed by atoms with Gasteiger partial charge in [0.25, 0.3) is 0 Å². The fourth-order valence-electron chi connectivity index (χ4n) is 4.26. The van der Waals surface area contributed by atoms with Gasteiger partial charge in [-0.3, -0.25) is 9.59 Å². The van der Waals surface area contributed by atoms with Crippen molar-refractivity contribution in [3.8, 4) is 0 Å². The molecule has 2 saturated heterocycles. The van der Waals surface area contributed by atoms with Crippen LogP contribution in [-0.2, 0) is 30.3 Å². The summed E-state index contributed by atoms with van der Waals surface area (Å²) in [6.07, 6.45) is 5.11. The number of carbonyl (C=O) groups excluding carboxylic acids is 2. The highest BCUT2D eigenvalue weighted by molar-refractivity contribution is 6.42. The van der Waals surface area contributed by atoms with Crippen molar-refractivity contribution in [1.29, 1.82) is 0 Å². The molecule has 0 radical (unpaired) electrons. The number of hydrogen-bond acceptors (Lipinski definition) is 6. The zero-order valence-electron chi connectivity index (χ0n) is 19.5. The third-order valence-corrected chi connectivity index (χ3v) is 6.69. The Kier molecular flexibility index (Phi) is 11.5. The van der Waals surface area contributed by atoms with Crippen LogP contribution in [0.4, 0.5) is 0 Å². The maximum atomic E-state index is 13.0. The van der Waals surface area contributed by atoms with Crippen molar-refractivity contribution in [2.45, 2.75) is 38.1 Å². The summed E-state index contributed by atoms with van der Waals surface area (Å²) in [5.74, 6) is -2.74. The van der Waals surface area contributed by atoms with E-state index in [1.807, 2.05) is 11.0 Å². The van der Waals surface area contributed by atoms with Crippen LogP contribution in [0.2, 0.25) is 10.0 Å². The van der Waals surface area contributed by atoms with Gasteiger partial charge in [-0.15, -0.1) is 0 Å². The fourth-order valence-corrected chi connectivity index (χ4v) is 4.59. The molecule has 0 bridgehead atoms. The lowest BCUT2D eigenvalue weighted by Gasteiger charge is -2.40. The van der Waals surface area contributed by atoms with E-state index in [2.05, 4.69) is 4.90 Å². The molecule has 11 heteroatoms. The Labute approximate surface area is 214 Å². The van der Waals surface area contributed by atoms with Crippen molar-refractivity contribution >= 4 is 47.0 Å². The minimum atomic E-state index is -1.26. The number of carbonyl (C=O) groups is 4. The van der Waals surface area contributed by atoms with Crippen LogP contribution in [0, 0.1) is 5.92 Å². The molecule has 2 N–H and O–H groups in total. The van der Waals surface area contributed by atoms with E-state index in [-0.39, 0.29) is 30.3 Å². The van der Waals surface area contributed by atoms with Gasteiger partial charge in [-0.2, -0.15) is 0 Å². The first kappa shape index (κ1) is 28.6. The molecule has 2 heterocycles. The molecule has 35 heavy (non-hydrogen) atoms. The molecule has 0 unspecified atom stereocenters. The SMILES string of the molecule is COC(=O)[C@H]1CCN(C(=O)Cc2ccc(Cl)c(Cl)c2)[C@@H](CN2CCCC2)C1.O=C(O)/C=C\C(=O)O. The minimum Gasteiger partial charge on any atom is -0.478 e. The van der Waals surface area contributed by atoms with Gasteiger partial charge < -0.3 is 24.7 Å². The van der Waals surface area contributed by atoms with E-state index in [1.54, 1.807) is 12.1 Å². The van der Waals surface area contributed by atoms with Gasteiger partial charge in [-0.25, -0.2) is 9.59 Å². The molecule has 0 spiro atoms. The predicted octanol–water partition coefficient (Wildman–Crippen LogP) is 3.12. The van der Waals surface area contributed by atoms with Crippen LogP contribution in [0.5, 0.6) is 0 Å². The zero-order chi connectivity index (χ0) is 26.0. The first-order valence-corrected chi connectivity index (χ1v) is 12.0. The molecule has 1 aromatic carbocycles. The summed E-state index contributed by atoms with van der Waals surface area (Å²) in [5, 5.41) is 16.6. The standard InChI is InChI=1S/C20H26Cl2N2O3.C4H4O4/c1-27-20(26)15-6-9-24(16(12-15)13-23-7-2-3-8-23)19(25)11-14-4-5-17(21)18(22)10-14;5-3(6)1-2-4(7)8/h4-5,10,15-16H,2-3,6-9,11-13H2,1H3;1-2H,(H,5,6)(H,7,8)/b;2-1-/t15-,16+;/m0./s1. The topological polar surface area (TPSA) is 124 Å². The van der Waals surface area contributed by atoms with Crippen molar-refractivity contribution in [3.63, 3.8) is 0 Å². The van der Waals surface area contributed by atoms with Gasteiger partial charge in [0.05, 0.1) is 29.5 Å². The number of aliphatic carboxylic acids is 2. The van der Waals surface area contributed by atoms with Crippen LogP contribution in [0.3, 0.4) is 0 Å². The quantitative estimate of drug-likeness (QED) is 0.408. The number of halogens is 2. The van der Waals surface area contributed by atoms with E-state index in [0.29, 0.717) is 41.6 Å². The number of rotatable bonds is 7. The molecular weight excluding hydrogens is 499 g/mol. The Bertz CT molecular complexity index is 932. The summed E-state index contributed by atoms with van der Waals surface area (Å²) < 4.78 is 4.94. The highest BCUT2D eigenvalue weighted by atomic mass is 35.5. The Morgan fingerprint density at radius 3 is 2.20 bits per heavy atom. The summed E-state index contributed by atoms with van der Waals surface area (Å²) >= 11 is 12.0. The lowest BCUT2D eigenvalue weighted by atomic mass is 9.90. The van der Waals surface area contributed by atoms with Gasteiger partial charge >= 0.3 is 17.9 Å². The van der Waals surface area contributed by atoms with Crippen LogP contribution < -0.4 is 0 Å². The van der Waals surface area contributed by atoms with Crippen LogP contribution in [-0.4, -0.2) is 83.2 Å². The first-order valence-electron chi connectivity index (χ1n) is 11.3. The Morgan fingerprint density at radius 2 is 1.66 bits per heavy atom. The maximum absolute atomic E-state index is 13.0. The number of amides is 1. The molecule has 192 valence electrons. The van der Waals surface area contributed by atoms with Crippen molar-refractivity contribution < 1.29 is 34.1 Å². The second-order valence-corrected chi connectivity index (χ2v) is 9.24. The normalized spacial score (nSPS) is 20.3. The Hall–Kier alpha value is -2.62. The third kappa shape index (κ3) is 9.51. The minimum absolute atomic E-state index is 0.0382. The molecule has 3 rings (SSSR count). The molecule has 1 amide bonds. The van der Waals surface area contributed by atoms with E-state index in [9.17, 15) is 19.2 Å². The second kappa shape index (κ2) is 14.1. The first-order chi connectivity index (χ1) is 16.6. The molecule has 2 fully saturated rings. The molecular formula is C24H30Cl2N2O7. The molecule has 1 aromatic rings. The molecule has 2 atom stereocenters. The number of piperidine rings is 1. The molecule has 0 saturated carbocycles. The molecule has 0 aromatic heterocycles. The lowest BCUT2D eigenvalue weighted by molar-refractivity contribution is -0.150. The number of likely N-dealkylation sites (tertiary alicyclic amines) is 2. The van der Waals surface area contributed by atoms with Crippen LogP contribution in [0.15, 0.2) is 30.4 Å². The summed E-state index contributed by atoms with van der Waals surface area (Å²) in [7, 11) is 1.43. The van der Waals surface area contributed by atoms with Crippen LogP contribution in [0.25, 0.3) is 0 Å². The summed E-state index contributed by atoms with van der Waals surface area (Å²) in [6, 6.07) is 5.34. The van der Waals surface area contributed by atoms with Gasteiger partial charge in [0.1, 0.15) is 0 Å². The molecule has 2 aliphatic heterocycles. The summed E-state index contributed by atoms with van der Waals surface area (Å²) in [4.78, 5) is 48.5. The number of nitrogens with zero attached hydrogens (tertiary/aromatic N) is 2. The number of esters is 1. The molecule has 9 nitrogen and oxygen atoms in total. The van der Waals surface area contributed by atoms with Crippen molar-refractivity contribution in [2.75, 3.05) is 33.3 Å². The smallest absolute Gasteiger partial charge is 0.328 e. The Morgan fingerprint density at radius 1 is 1.03 bits per heavy atom. The second-order valence-electron chi connectivity index (χ2n) is 8.43. The number of carboxylic acid groups (broad SMARTS) is 2. The average molecular weight is 529 g/mol. The fraction of sp³-hybridized carbons (Fsp3) is 0.500. The maximum Gasteiger partial charge on any atom is 0.328 e. The lowest BCUT2D eigenvalue weighted by Crippen LogP contribution is -2.52. The average Bonchev–Trinajstić information content (AvgIpc) is 3.33. The summed E-state index contributed by atoms with van der Waals surface area (Å²) in [5.41, 5.74) is 0.851. The van der Waals surface area contributed by atoms with Crippen LogP contribution in [0.1, 0.15) is 31.2 Å². The van der Waals surface area contributed by atoms with E-state index < -0.39 is 11.9 Å². The van der Waals surface area contributed by atoms with Crippen molar-refractivity contribution in [1.82, 2.24) is 9.80 Å². The van der Waals surface area contributed by atoms with Gasteiger partial charge in [0.2, 0.25) is 5.91 Å². The van der Waals surface area contributed by atoms with Crippen LogP contribution >= 0.6 is 23.2 Å². The van der Waals surface area contributed by atoms with Gasteiger partial charge in [0.15, 0.2) is 0 Å².